The van der Waals surface area contributed by atoms with Gasteiger partial charge >= 0.3 is 5.97 Å². The molecule has 1 heterocycles. The Hall–Kier alpha value is -3.05. The van der Waals surface area contributed by atoms with Crippen molar-refractivity contribution in [2.75, 3.05) is 7.11 Å². The fourth-order valence-electron chi connectivity index (χ4n) is 2.52. The summed E-state index contributed by atoms with van der Waals surface area (Å²) < 4.78 is 11.4. The first kappa shape index (κ1) is 17.8. The van der Waals surface area contributed by atoms with Gasteiger partial charge in [0, 0.05) is 10.4 Å². The van der Waals surface area contributed by atoms with Crippen LogP contribution in [0.3, 0.4) is 0 Å². The van der Waals surface area contributed by atoms with Gasteiger partial charge in [0.1, 0.15) is 6.61 Å². The smallest absolute Gasteiger partial charge is 0.337 e. The molecule has 0 radical (unpaired) electrons. The van der Waals surface area contributed by atoms with E-state index in [0.717, 1.165) is 5.56 Å². The number of benzene rings is 2. The predicted molar refractivity (Wildman–Crippen MR) is 104 cm³/mol. The maximum absolute atomic E-state index is 11.7. The second kappa shape index (κ2) is 8.36. The molecule has 0 spiro atoms. The summed E-state index contributed by atoms with van der Waals surface area (Å²) in [7, 11) is 1.57. The zero-order valence-corrected chi connectivity index (χ0v) is 15.0. The number of hydrogen-bond acceptors (Lipinski definition) is 4. The van der Waals surface area contributed by atoms with Gasteiger partial charge in [0.2, 0.25) is 0 Å². The topological polar surface area (TPSA) is 55.8 Å². The van der Waals surface area contributed by atoms with E-state index in [2.05, 4.69) is 0 Å². The molecule has 0 amide bonds. The molecule has 0 saturated heterocycles. The van der Waals surface area contributed by atoms with E-state index in [9.17, 15) is 9.90 Å². The minimum absolute atomic E-state index is 0.220. The number of para-hydroxylation sites is 1. The molecular formula is C21H18O4S. The lowest BCUT2D eigenvalue weighted by Gasteiger charge is -2.14. The molecule has 0 aliphatic heterocycles. The third kappa shape index (κ3) is 4.13. The van der Waals surface area contributed by atoms with Gasteiger partial charge in [-0.1, -0.05) is 48.5 Å². The van der Waals surface area contributed by atoms with Crippen LogP contribution in [-0.4, -0.2) is 18.2 Å². The van der Waals surface area contributed by atoms with Crippen molar-refractivity contribution in [1.82, 2.24) is 0 Å². The van der Waals surface area contributed by atoms with E-state index in [1.165, 1.54) is 11.3 Å². The monoisotopic (exact) mass is 366 g/mol. The molecule has 4 nitrogen and oxygen atoms in total. The predicted octanol–water partition coefficient (Wildman–Crippen LogP) is 4.96. The van der Waals surface area contributed by atoms with Gasteiger partial charge < -0.3 is 14.6 Å². The Balaban J connectivity index is 1.98. The van der Waals surface area contributed by atoms with Crippen LogP contribution in [0.25, 0.3) is 11.6 Å². The van der Waals surface area contributed by atoms with E-state index in [-0.39, 0.29) is 5.57 Å². The van der Waals surface area contributed by atoms with Crippen molar-refractivity contribution in [2.24, 2.45) is 0 Å². The Labute approximate surface area is 156 Å². The van der Waals surface area contributed by atoms with Crippen LogP contribution < -0.4 is 9.47 Å². The Morgan fingerprint density at radius 3 is 2.54 bits per heavy atom. The number of hydrogen-bond donors (Lipinski definition) is 1. The van der Waals surface area contributed by atoms with Crippen molar-refractivity contribution < 1.29 is 19.4 Å². The van der Waals surface area contributed by atoms with Crippen LogP contribution in [0.5, 0.6) is 11.5 Å². The summed E-state index contributed by atoms with van der Waals surface area (Å²) in [6.07, 6.45) is 1.62. The van der Waals surface area contributed by atoms with Gasteiger partial charge in [-0.3, -0.25) is 0 Å². The first-order valence-electron chi connectivity index (χ1n) is 8.01. The molecular weight excluding hydrogens is 348 g/mol. The number of thiophene rings is 1. The van der Waals surface area contributed by atoms with Crippen LogP contribution in [-0.2, 0) is 11.4 Å². The molecule has 3 rings (SSSR count). The lowest BCUT2D eigenvalue weighted by molar-refractivity contribution is -0.130. The summed E-state index contributed by atoms with van der Waals surface area (Å²) in [6.45, 7) is 0.365. The highest BCUT2D eigenvalue weighted by molar-refractivity contribution is 7.11. The summed E-state index contributed by atoms with van der Waals surface area (Å²) >= 11 is 1.38. The molecule has 1 aromatic heterocycles. The first-order chi connectivity index (χ1) is 12.7. The van der Waals surface area contributed by atoms with E-state index in [1.54, 1.807) is 25.3 Å². The molecule has 26 heavy (non-hydrogen) atoms. The summed E-state index contributed by atoms with van der Waals surface area (Å²) in [4.78, 5) is 12.4. The summed E-state index contributed by atoms with van der Waals surface area (Å²) in [5.74, 6) is 0.101. The molecule has 0 unspecified atom stereocenters. The number of rotatable bonds is 7. The number of carboxylic acids is 1. The molecule has 0 saturated carbocycles. The maximum Gasteiger partial charge on any atom is 0.337 e. The maximum atomic E-state index is 11.7. The number of ether oxygens (including phenoxy) is 2. The molecule has 0 aliphatic rings. The van der Waals surface area contributed by atoms with Gasteiger partial charge in [0.25, 0.3) is 0 Å². The average Bonchev–Trinajstić information content (AvgIpc) is 3.19. The Morgan fingerprint density at radius 2 is 1.88 bits per heavy atom. The first-order valence-corrected chi connectivity index (χ1v) is 8.89. The molecule has 3 aromatic rings. The van der Waals surface area contributed by atoms with Crippen LogP contribution in [0, 0.1) is 0 Å². The molecule has 1 N–H and O–H groups in total. The number of carboxylic acid groups (broad SMARTS) is 1. The van der Waals surface area contributed by atoms with Crippen LogP contribution in [0.1, 0.15) is 16.0 Å². The third-order valence-corrected chi connectivity index (χ3v) is 4.68. The second-order valence-electron chi connectivity index (χ2n) is 5.49. The average molecular weight is 366 g/mol. The van der Waals surface area contributed by atoms with Crippen molar-refractivity contribution in [1.29, 1.82) is 0 Å². The SMILES string of the molecule is COc1cccc(/C=C(/C(=O)O)c2cccs2)c1OCc1ccccc1. The third-order valence-electron chi connectivity index (χ3n) is 3.77. The fourth-order valence-corrected chi connectivity index (χ4v) is 3.25. The molecule has 0 bridgehead atoms. The van der Waals surface area contributed by atoms with E-state index >= 15 is 0 Å². The van der Waals surface area contributed by atoms with Crippen molar-refractivity contribution in [3.05, 3.63) is 82.0 Å². The zero-order valence-electron chi connectivity index (χ0n) is 14.2. The Kier molecular flexibility index (Phi) is 5.71. The fraction of sp³-hybridized carbons (Fsp3) is 0.0952. The zero-order chi connectivity index (χ0) is 18.4. The highest BCUT2D eigenvalue weighted by atomic mass is 32.1. The lowest BCUT2D eigenvalue weighted by Crippen LogP contribution is -2.01. The van der Waals surface area contributed by atoms with Gasteiger partial charge in [-0.05, 0) is 29.2 Å². The molecule has 0 atom stereocenters. The number of carbonyl (C=O) groups is 1. The van der Waals surface area contributed by atoms with Gasteiger partial charge in [-0.15, -0.1) is 11.3 Å². The minimum atomic E-state index is -0.982. The largest absolute Gasteiger partial charge is 0.493 e. The molecule has 5 heteroatoms. The Bertz CT molecular complexity index is 899. The second-order valence-corrected chi connectivity index (χ2v) is 6.44. The highest BCUT2D eigenvalue weighted by Crippen LogP contribution is 2.35. The van der Waals surface area contributed by atoms with Crippen LogP contribution in [0.2, 0.25) is 0 Å². The minimum Gasteiger partial charge on any atom is -0.493 e. The quantitative estimate of drug-likeness (QED) is 0.601. The normalized spacial score (nSPS) is 11.2. The number of methoxy groups -OCH3 is 1. The van der Waals surface area contributed by atoms with Crippen LogP contribution >= 0.6 is 11.3 Å². The van der Waals surface area contributed by atoms with Gasteiger partial charge in [-0.25, -0.2) is 4.79 Å². The molecule has 0 aliphatic carbocycles. The van der Waals surface area contributed by atoms with E-state index in [1.807, 2.05) is 53.9 Å². The lowest BCUT2D eigenvalue weighted by atomic mass is 10.1. The molecule has 2 aromatic carbocycles. The standard InChI is InChI=1S/C21H18O4S/c1-24-18-10-5-9-16(13-17(21(22)23)19-11-6-12-26-19)20(18)25-14-15-7-3-2-4-8-15/h2-13H,14H2,1H3,(H,22,23)/b17-13+. The van der Waals surface area contributed by atoms with Crippen LogP contribution in [0.15, 0.2) is 66.0 Å². The van der Waals surface area contributed by atoms with Crippen LogP contribution in [0.4, 0.5) is 0 Å². The van der Waals surface area contributed by atoms with E-state index < -0.39 is 5.97 Å². The van der Waals surface area contributed by atoms with Gasteiger partial charge in [-0.2, -0.15) is 0 Å². The summed E-state index contributed by atoms with van der Waals surface area (Å²) in [6, 6.07) is 18.8. The Morgan fingerprint density at radius 1 is 1.08 bits per heavy atom. The highest BCUT2D eigenvalue weighted by Gasteiger charge is 2.15. The summed E-state index contributed by atoms with van der Waals surface area (Å²) in [5.41, 5.74) is 1.90. The number of aliphatic carboxylic acids is 1. The van der Waals surface area contributed by atoms with E-state index in [4.69, 9.17) is 9.47 Å². The summed E-state index contributed by atoms with van der Waals surface area (Å²) in [5, 5.41) is 11.4. The van der Waals surface area contributed by atoms with Crippen molar-refractivity contribution in [3.8, 4) is 11.5 Å². The van der Waals surface area contributed by atoms with Crippen molar-refractivity contribution >= 4 is 29.0 Å². The van der Waals surface area contributed by atoms with Gasteiger partial charge in [0.05, 0.1) is 12.7 Å². The van der Waals surface area contributed by atoms with Crippen molar-refractivity contribution in [2.45, 2.75) is 6.61 Å². The van der Waals surface area contributed by atoms with E-state index in [0.29, 0.717) is 28.5 Å². The van der Waals surface area contributed by atoms with Gasteiger partial charge in [0.15, 0.2) is 11.5 Å². The van der Waals surface area contributed by atoms with Crippen molar-refractivity contribution in [3.63, 3.8) is 0 Å². The molecule has 0 fully saturated rings. The molecule has 132 valence electrons.